The second-order valence-electron chi connectivity index (χ2n) is 3.37. The third-order valence-corrected chi connectivity index (χ3v) is 2.28. The van der Waals surface area contributed by atoms with E-state index in [2.05, 4.69) is 26.7 Å². The molecular formula is C11H14N4O. The highest BCUT2D eigenvalue weighted by atomic mass is 16.5. The molecule has 1 N–H and O–H groups in total. The fourth-order valence-corrected chi connectivity index (χ4v) is 1.54. The normalized spacial score (nSPS) is 10.3. The number of hydrogen-bond donors (Lipinski definition) is 1. The van der Waals surface area contributed by atoms with Crippen molar-refractivity contribution in [3.8, 4) is 5.75 Å². The Bertz CT molecular complexity index is 427. The van der Waals surface area contributed by atoms with Gasteiger partial charge in [0, 0.05) is 6.42 Å². The predicted molar refractivity (Wildman–Crippen MR) is 59.2 cm³/mol. The topological polar surface area (TPSA) is 63.7 Å². The summed E-state index contributed by atoms with van der Waals surface area (Å²) in [5.41, 5.74) is 1.18. The molecule has 0 radical (unpaired) electrons. The van der Waals surface area contributed by atoms with Gasteiger partial charge in [-0.2, -0.15) is 5.21 Å². The SMILES string of the molecule is CCOc1ccccc1CCc1nn[nH]n1. The first-order valence-corrected chi connectivity index (χ1v) is 5.33. The molecule has 5 nitrogen and oxygen atoms in total. The van der Waals surface area contributed by atoms with Gasteiger partial charge in [0.1, 0.15) is 5.75 Å². The first-order valence-electron chi connectivity index (χ1n) is 5.33. The summed E-state index contributed by atoms with van der Waals surface area (Å²) < 4.78 is 5.54. The van der Waals surface area contributed by atoms with Crippen molar-refractivity contribution < 1.29 is 4.74 Å². The number of aromatic amines is 1. The summed E-state index contributed by atoms with van der Waals surface area (Å²) in [5, 5.41) is 13.8. The first kappa shape index (κ1) is 10.6. The molecule has 5 heteroatoms. The summed E-state index contributed by atoms with van der Waals surface area (Å²) >= 11 is 0. The zero-order valence-electron chi connectivity index (χ0n) is 9.18. The van der Waals surface area contributed by atoms with Crippen molar-refractivity contribution in [2.45, 2.75) is 19.8 Å². The maximum atomic E-state index is 5.54. The van der Waals surface area contributed by atoms with E-state index in [9.17, 15) is 0 Å². The van der Waals surface area contributed by atoms with Crippen LogP contribution in [0, 0.1) is 0 Å². The lowest BCUT2D eigenvalue weighted by molar-refractivity contribution is 0.336. The minimum absolute atomic E-state index is 0.680. The second kappa shape index (κ2) is 5.25. The van der Waals surface area contributed by atoms with E-state index in [0.717, 1.165) is 24.4 Å². The van der Waals surface area contributed by atoms with Crippen LogP contribution in [0.15, 0.2) is 24.3 Å². The number of aromatic nitrogens is 4. The summed E-state index contributed by atoms with van der Waals surface area (Å²) in [4.78, 5) is 0. The van der Waals surface area contributed by atoms with Crippen molar-refractivity contribution in [2.24, 2.45) is 0 Å². The Hall–Kier alpha value is -1.91. The van der Waals surface area contributed by atoms with Crippen LogP contribution in [0.25, 0.3) is 0 Å². The summed E-state index contributed by atoms with van der Waals surface area (Å²) in [6, 6.07) is 8.02. The van der Waals surface area contributed by atoms with E-state index in [1.807, 2.05) is 25.1 Å². The van der Waals surface area contributed by atoms with Gasteiger partial charge in [0.2, 0.25) is 0 Å². The van der Waals surface area contributed by atoms with E-state index in [1.165, 1.54) is 5.56 Å². The van der Waals surface area contributed by atoms with Gasteiger partial charge in [-0.25, -0.2) is 0 Å². The summed E-state index contributed by atoms with van der Waals surface area (Å²) in [5.74, 6) is 1.67. The molecule has 0 aliphatic carbocycles. The third-order valence-electron chi connectivity index (χ3n) is 2.28. The predicted octanol–water partition coefficient (Wildman–Crippen LogP) is 1.38. The van der Waals surface area contributed by atoms with Crippen LogP contribution in [-0.2, 0) is 12.8 Å². The highest BCUT2D eigenvalue weighted by Crippen LogP contribution is 2.19. The van der Waals surface area contributed by atoms with E-state index in [-0.39, 0.29) is 0 Å². The molecule has 0 amide bonds. The summed E-state index contributed by atoms with van der Waals surface area (Å²) in [6.45, 7) is 2.66. The molecule has 0 bridgehead atoms. The Morgan fingerprint density at radius 2 is 2.12 bits per heavy atom. The molecule has 0 saturated heterocycles. The van der Waals surface area contributed by atoms with Crippen molar-refractivity contribution in [3.05, 3.63) is 35.7 Å². The fraction of sp³-hybridized carbons (Fsp3) is 0.364. The molecule has 2 rings (SSSR count). The lowest BCUT2D eigenvalue weighted by Gasteiger charge is -2.08. The molecule has 0 atom stereocenters. The molecule has 0 fully saturated rings. The quantitative estimate of drug-likeness (QED) is 0.823. The molecule has 1 aromatic heterocycles. The van der Waals surface area contributed by atoms with Crippen molar-refractivity contribution in [3.63, 3.8) is 0 Å². The number of hydrogen-bond acceptors (Lipinski definition) is 4. The van der Waals surface area contributed by atoms with Crippen LogP contribution < -0.4 is 4.74 Å². The van der Waals surface area contributed by atoms with E-state index in [0.29, 0.717) is 6.61 Å². The number of benzene rings is 1. The van der Waals surface area contributed by atoms with Gasteiger partial charge in [-0.3, -0.25) is 0 Å². The third kappa shape index (κ3) is 2.56. The van der Waals surface area contributed by atoms with Crippen LogP contribution in [0.5, 0.6) is 5.75 Å². The van der Waals surface area contributed by atoms with E-state index >= 15 is 0 Å². The second-order valence-corrected chi connectivity index (χ2v) is 3.37. The number of ether oxygens (including phenoxy) is 1. The van der Waals surface area contributed by atoms with Crippen LogP contribution in [0.4, 0.5) is 0 Å². The Kier molecular flexibility index (Phi) is 3.48. The highest BCUT2D eigenvalue weighted by molar-refractivity contribution is 5.33. The number of nitrogens with zero attached hydrogens (tertiary/aromatic N) is 3. The standard InChI is InChI=1S/C11H14N4O/c1-2-16-10-6-4-3-5-9(10)7-8-11-12-14-15-13-11/h3-6H,2,7-8H2,1H3,(H,12,13,14,15). The van der Waals surface area contributed by atoms with Gasteiger partial charge in [-0.05, 0) is 25.0 Å². The van der Waals surface area contributed by atoms with Gasteiger partial charge in [0.05, 0.1) is 6.61 Å². The van der Waals surface area contributed by atoms with Crippen molar-refractivity contribution in [2.75, 3.05) is 6.61 Å². The Morgan fingerprint density at radius 1 is 1.25 bits per heavy atom. The van der Waals surface area contributed by atoms with Crippen LogP contribution >= 0.6 is 0 Å². The van der Waals surface area contributed by atoms with Crippen molar-refractivity contribution >= 4 is 0 Å². The Balaban J connectivity index is 2.03. The average Bonchev–Trinajstić information content (AvgIpc) is 2.81. The molecule has 0 saturated carbocycles. The Labute approximate surface area is 93.8 Å². The zero-order valence-corrected chi connectivity index (χ0v) is 9.18. The molecule has 16 heavy (non-hydrogen) atoms. The van der Waals surface area contributed by atoms with Gasteiger partial charge >= 0.3 is 0 Å². The van der Waals surface area contributed by atoms with Gasteiger partial charge in [0.15, 0.2) is 5.82 Å². The van der Waals surface area contributed by atoms with Crippen molar-refractivity contribution in [1.29, 1.82) is 0 Å². The van der Waals surface area contributed by atoms with Crippen LogP contribution in [-0.4, -0.2) is 27.2 Å². The molecule has 1 aromatic carbocycles. The summed E-state index contributed by atoms with van der Waals surface area (Å²) in [6.07, 6.45) is 1.62. The van der Waals surface area contributed by atoms with Crippen LogP contribution in [0.2, 0.25) is 0 Å². The minimum Gasteiger partial charge on any atom is -0.494 e. The van der Waals surface area contributed by atoms with Crippen molar-refractivity contribution in [1.82, 2.24) is 20.6 Å². The minimum atomic E-state index is 0.680. The zero-order chi connectivity index (χ0) is 11.2. The van der Waals surface area contributed by atoms with Gasteiger partial charge in [0.25, 0.3) is 0 Å². The molecular weight excluding hydrogens is 204 g/mol. The number of nitrogens with one attached hydrogen (secondary N) is 1. The summed E-state index contributed by atoms with van der Waals surface area (Å²) in [7, 11) is 0. The van der Waals surface area contributed by atoms with E-state index in [4.69, 9.17) is 4.74 Å². The first-order chi connectivity index (χ1) is 7.90. The largest absolute Gasteiger partial charge is 0.494 e. The molecule has 84 valence electrons. The number of aryl methyl sites for hydroxylation is 2. The maximum absolute atomic E-state index is 5.54. The maximum Gasteiger partial charge on any atom is 0.174 e. The molecule has 0 aliphatic heterocycles. The number of rotatable bonds is 5. The fourth-order valence-electron chi connectivity index (χ4n) is 1.54. The van der Waals surface area contributed by atoms with Gasteiger partial charge in [-0.15, -0.1) is 10.2 Å². The molecule has 0 unspecified atom stereocenters. The van der Waals surface area contributed by atoms with E-state index < -0.39 is 0 Å². The molecule has 2 aromatic rings. The Morgan fingerprint density at radius 3 is 2.88 bits per heavy atom. The molecule has 1 heterocycles. The van der Waals surface area contributed by atoms with Crippen LogP contribution in [0.1, 0.15) is 18.3 Å². The van der Waals surface area contributed by atoms with E-state index in [1.54, 1.807) is 0 Å². The smallest absolute Gasteiger partial charge is 0.174 e. The lowest BCUT2D eigenvalue weighted by Crippen LogP contribution is -1.99. The highest BCUT2D eigenvalue weighted by Gasteiger charge is 2.04. The molecule has 0 aliphatic rings. The van der Waals surface area contributed by atoms with Gasteiger partial charge < -0.3 is 4.74 Å². The number of H-pyrrole nitrogens is 1. The monoisotopic (exact) mass is 218 g/mol. The average molecular weight is 218 g/mol. The van der Waals surface area contributed by atoms with Gasteiger partial charge in [-0.1, -0.05) is 23.4 Å². The number of tetrazole rings is 1. The lowest BCUT2D eigenvalue weighted by atomic mass is 10.1. The van der Waals surface area contributed by atoms with Crippen LogP contribution in [0.3, 0.4) is 0 Å². The number of para-hydroxylation sites is 1. The molecule has 0 spiro atoms.